The molecule has 0 aromatic heterocycles. The molecule has 0 spiro atoms. The molecule has 7 nitrogen and oxygen atoms in total. The maximum absolute atomic E-state index is 13.3. The van der Waals surface area contributed by atoms with Crippen LogP contribution in [0.5, 0.6) is 0 Å². The largest absolute Gasteiger partial charge is 0.357 e. The van der Waals surface area contributed by atoms with Gasteiger partial charge in [0, 0.05) is 13.6 Å². The quantitative estimate of drug-likeness (QED) is 0.677. The lowest BCUT2D eigenvalue weighted by Gasteiger charge is -2.31. The summed E-state index contributed by atoms with van der Waals surface area (Å²) in [6.45, 7) is 7.19. The summed E-state index contributed by atoms with van der Waals surface area (Å²) in [5.74, 6) is -0.776. The molecule has 8 heteroatoms. The first-order valence-corrected chi connectivity index (χ1v) is 11.9. The van der Waals surface area contributed by atoms with Crippen molar-refractivity contribution < 1.29 is 18.0 Å². The molecule has 168 valence electrons. The second-order valence-corrected chi connectivity index (χ2v) is 9.68. The first-order valence-electron chi connectivity index (χ1n) is 10.1. The topological polar surface area (TPSA) is 86.8 Å². The summed E-state index contributed by atoms with van der Waals surface area (Å²) >= 11 is 0. The van der Waals surface area contributed by atoms with E-state index in [1.165, 1.54) is 11.9 Å². The van der Waals surface area contributed by atoms with E-state index in [-0.39, 0.29) is 12.5 Å². The minimum Gasteiger partial charge on any atom is -0.357 e. The number of rotatable bonds is 8. The highest BCUT2D eigenvalue weighted by Crippen LogP contribution is 2.22. The molecule has 0 aliphatic rings. The minimum atomic E-state index is -3.72. The molecule has 2 rings (SSSR count). The Bertz CT molecular complexity index is 1070. The fourth-order valence-corrected chi connectivity index (χ4v) is 4.10. The van der Waals surface area contributed by atoms with Crippen LogP contribution in [0.2, 0.25) is 0 Å². The zero-order valence-electron chi connectivity index (χ0n) is 19.0. The fourth-order valence-electron chi connectivity index (χ4n) is 3.26. The van der Waals surface area contributed by atoms with Gasteiger partial charge in [-0.2, -0.15) is 0 Å². The Morgan fingerprint density at radius 3 is 2.19 bits per heavy atom. The van der Waals surface area contributed by atoms with Crippen LogP contribution < -0.4 is 9.62 Å². The van der Waals surface area contributed by atoms with E-state index < -0.39 is 28.5 Å². The summed E-state index contributed by atoms with van der Waals surface area (Å²) in [6.07, 6.45) is 1.07. The van der Waals surface area contributed by atoms with Crippen molar-refractivity contribution in [2.45, 2.75) is 40.3 Å². The molecule has 1 N–H and O–H groups in total. The van der Waals surface area contributed by atoms with Crippen LogP contribution in [0.3, 0.4) is 0 Å². The Hall–Kier alpha value is -2.87. The monoisotopic (exact) mass is 445 g/mol. The van der Waals surface area contributed by atoms with Crippen molar-refractivity contribution >= 4 is 27.5 Å². The van der Waals surface area contributed by atoms with Crippen molar-refractivity contribution in [3.05, 3.63) is 64.7 Å². The van der Waals surface area contributed by atoms with Crippen LogP contribution in [0.4, 0.5) is 5.69 Å². The number of amides is 2. The van der Waals surface area contributed by atoms with Crippen LogP contribution in [0, 0.1) is 20.8 Å². The molecular formula is C23H31N3O4S. The number of aryl methyl sites for hydroxylation is 3. The van der Waals surface area contributed by atoms with Gasteiger partial charge in [0.05, 0.1) is 11.9 Å². The van der Waals surface area contributed by atoms with Crippen molar-refractivity contribution in [1.29, 1.82) is 0 Å². The minimum absolute atomic E-state index is 0.199. The maximum Gasteiger partial charge on any atom is 0.244 e. The number of nitrogens with one attached hydrogen (secondary N) is 1. The molecule has 0 heterocycles. The van der Waals surface area contributed by atoms with E-state index in [2.05, 4.69) is 5.32 Å². The molecule has 0 aliphatic carbocycles. The lowest BCUT2D eigenvalue weighted by molar-refractivity contribution is -0.139. The van der Waals surface area contributed by atoms with Gasteiger partial charge < -0.3 is 10.2 Å². The van der Waals surface area contributed by atoms with Gasteiger partial charge in [-0.3, -0.25) is 13.9 Å². The van der Waals surface area contributed by atoms with E-state index in [0.29, 0.717) is 5.69 Å². The number of nitrogens with zero attached hydrogens (tertiary/aromatic N) is 2. The molecule has 2 amide bonds. The molecule has 2 aromatic rings. The van der Waals surface area contributed by atoms with Crippen LogP contribution in [0.15, 0.2) is 42.5 Å². The predicted octanol–water partition coefficient (Wildman–Crippen LogP) is 2.54. The average Bonchev–Trinajstić information content (AvgIpc) is 2.71. The number of hydrogen-bond donors (Lipinski definition) is 1. The number of sulfonamides is 1. The number of carbonyl (C=O) groups is 2. The van der Waals surface area contributed by atoms with Gasteiger partial charge in [-0.15, -0.1) is 0 Å². The van der Waals surface area contributed by atoms with Crippen molar-refractivity contribution in [3.8, 4) is 0 Å². The van der Waals surface area contributed by atoms with Crippen molar-refractivity contribution in [2.24, 2.45) is 0 Å². The first-order chi connectivity index (χ1) is 14.5. The van der Waals surface area contributed by atoms with Gasteiger partial charge >= 0.3 is 0 Å². The zero-order valence-corrected chi connectivity index (χ0v) is 19.8. The van der Waals surface area contributed by atoms with Gasteiger partial charge in [-0.05, 0) is 62.1 Å². The van der Waals surface area contributed by atoms with Gasteiger partial charge in [-0.1, -0.05) is 30.3 Å². The molecule has 0 fully saturated rings. The number of anilines is 1. The Balaban J connectivity index is 2.42. The average molecular weight is 446 g/mol. The third-order valence-electron chi connectivity index (χ3n) is 5.47. The third kappa shape index (κ3) is 6.07. The van der Waals surface area contributed by atoms with Crippen LogP contribution in [-0.2, 0) is 26.2 Å². The summed E-state index contributed by atoms with van der Waals surface area (Å²) in [6, 6.07) is 12.1. The summed E-state index contributed by atoms with van der Waals surface area (Å²) in [5.41, 5.74) is 4.25. The molecule has 0 saturated heterocycles. The van der Waals surface area contributed by atoms with E-state index in [1.807, 2.05) is 51.1 Å². The van der Waals surface area contributed by atoms with Gasteiger partial charge in [-0.25, -0.2) is 8.42 Å². The van der Waals surface area contributed by atoms with E-state index in [1.54, 1.807) is 19.1 Å². The highest BCUT2D eigenvalue weighted by atomic mass is 32.2. The summed E-state index contributed by atoms with van der Waals surface area (Å²) in [5, 5.41) is 2.56. The van der Waals surface area contributed by atoms with Gasteiger partial charge in [0.25, 0.3) is 0 Å². The summed E-state index contributed by atoms with van der Waals surface area (Å²) < 4.78 is 26.2. The molecule has 2 aromatic carbocycles. The van der Waals surface area contributed by atoms with Crippen LogP contribution >= 0.6 is 0 Å². The molecule has 31 heavy (non-hydrogen) atoms. The second-order valence-electron chi connectivity index (χ2n) is 7.78. The number of hydrogen-bond acceptors (Lipinski definition) is 4. The lowest BCUT2D eigenvalue weighted by atomic mass is 10.1. The molecule has 0 aliphatic heterocycles. The van der Waals surface area contributed by atoms with Crippen LogP contribution in [0.25, 0.3) is 0 Å². The van der Waals surface area contributed by atoms with E-state index in [4.69, 9.17) is 0 Å². The van der Waals surface area contributed by atoms with Crippen molar-refractivity contribution in [2.75, 3.05) is 24.2 Å². The number of carbonyl (C=O) groups excluding carboxylic acids is 2. The lowest BCUT2D eigenvalue weighted by Crippen LogP contribution is -2.50. The number of likely N-dealkylation sites (N-methyl/N-ethyl adjacent to an activating group) is 1. The van der Waals surface area contributed by atoms with Crippen molar-refractivity contribution in [3.63, 3.8) is 0 Å². The van der Waals surface area contributed by atoms with E-state index >= 15 is 0 Å². The maximum atomic E-state index is 13.3. The van der Waals surface area contributed by atoms with E-state index in [9.17, 15) is 18.0 Å². The highest BCUT2D eigenvalue weighted by molar-refractivity contribution is 7.92. The normalized spacial score (nSPS) is 12.2. The highest BCUT2D eigenvalue weighted by Gasteiger charge is 2.30. The third-order valence-corrected chi connectivity index (χ3v) is 6.61. The van der Waals surface area contributed by atoms with Gasteiger partial charge in [0.2, 0.25) is 21.8 Å². The Kier molecular flexibility index (Phi) is 7.84. The van der Waals surface area contributed by atoms with Crippen molar-refractivity contribution in [1.82, 2.24) is 10.2 Å². The van der Waals surface area contributed by atoms with Crippen LogP contribution in [0.1, 0.15) is 29.2 Å². The Labute approximate surface area is 185 Å². The fraction of sp³-hybridized carbons (Fsp3) is 0.391. The molecule has 0 radical (unpaired) electrons. The number of benzene rings is 2. The Morgan fingerprint density at radius 2 is 1.65 bits per heavy atom. The van der Waals surface area contributed by atoms with Gasteiger partial charge in [0.1, 0.15) is 12.6 Å². The molecule has 1 unspecified atom stereocenters. The molecule has 0 bridgehead atoms. The first kappa shape index (κ1) is 24.4. The standard InChI is InChI=1S/C23H31N3O4S/c1-16-11-12-21(13-18(16)3)26(31(6,29)30)15-22(27)25(19(4)23(28)24-5)14-20-10-8-7-9-17(20)2/h7-13,19H,14-15H2,1-6H3,(H,24,28). The summed E-state index contributed by atoms with van der Waals surface area (Å²) in [4.78, 5) is 27.1. The predicted molar refractivity (Wildman–Crippen MR) is 123 cm³/mol. The molecule has 1 atom stereocenters. The second kappa shape index (κ2) is 9.96. The van der Waals surface area contributed by atoms with Crippen LogP contribution in [-0.4, -0.2) is 51.0 Å². The smallest absolute Gasteiger partial charge is 0.244 e. The SMILES string of the molecule is CNC(=O)C(C)N(Cc1ccccc1C)C(=O)CN(c1ccc(C)c(C)c1)S(C)(=O)=O. The van der Waals surface area contributed by atoms with E-state index in [0.717, 1.165) is 32.8 Å². The summed E-state index contributed by atoms with van der Waals surface area (Å²) in [7, 11) is -2.22. The Morgan fingerprint density at radius 1 is 1.00 bits per heavy atom. The molecule has 0 saturated carbocycles. The zero-order chi connectivity index (χ0) is 23.3. The van der Waals surface area contributed by atoms with Gasteiger partial charge in [0.15, 0.2) is 0 Å². The molecular weight excluding hydrogens is 414 g/mol.